The number of carbonyl (C=O) groups is 1. The number of hydrogen-bond acceptors (Lipinski definition) is 3. The van der Waals surface area contributed by atoms with Crippen molar-refractivity contribution in [2.45, 2.75) is 20.8 Å². The number of rotatable bonds is 6. The van der Waals surface area contributed by atoms with Crippen LogP contribution in [0.2, 0.25) is 0 Å². The second-order valence-electron chi connectivity index (χ2n) is 3.68. The topological polar surface area (TPSA) is 72.2 Å². The van der Waals surface area contributed by atoms with Crippen molar-refractivity contribution in [2.24, 2.45) is 11.1 Å². The van der Waals surface area contributed by atoms with Crippen LogP contribution in [0.5, 0.6) is 0 Å². The molecule has 0 bridgehead atoms. The molecule has 4 nitrogen and oxygen atoms in total. The summed E-state index contributed by atoms with van der Waals surface area (Å²) in [5, 5.41) is 2.67. The number of thiocarbonyl (C=S) groups is 1. The van der Waals surface area contributed by atoms with Gasteiger partial charge in [0.15, 0.2) is 0 Å². The summed E-state index contributed by atoms with van der Waals surface area (Å²) in [5.41, 5.74) is 4.60. The molecule has 0 spiro atoms. The van der Waals surface area contributed by atoms with E-state index in [0.29, 0.717) is 18.1 Å². The van der Waals surface area contributed by atoms with Crippen LogP contribution in [-0.4, -0.2) is 33.2 Å². The van der Waals surface area contributed by atoms with Crippen molar-refractivity contribution in [3.8, 4) is 0 Å². The van der Waals surface area contributed by atoms with E-state index in [0.717, 1.165) is 0 Å². The number of nitrogens with one attached hydrogen (secondary N) is 1. The summed E-state index contributed by atoms with van der Waals surface area (Å²) in [4.78, 5) is 11.8. The highest BCUT2D eigenvalue weighted by atomic mass is 32.2. The van der Waals surface area contributed by atoms with Gasteiger partial charge in [-0.25, -0.2) is 0 Å². The smallest absolute Gasteiger partial charge is 0.232 e. The maximum Gasteiger partial charge on any atom is 0.232 e. The monoisotopic (exact) mass is 250 g/mol. The molecule has 6 heteroatoms. The predicted molar refractivity (Wildman–Crippen MR) is 67.1 cm³/mol. The first-order valence-corrected chi connectivity index (χ1v) is 6.65. The molecule has 0 aliphatic heterocycles. The first-order valence-electron chi connectivity index (χ1n) is 4.75. The van der Waals surface area contributed by atoms with Gasteiger partial charge in [-0.05, 0) is 13.8 Å². The van der Waals surface area contributed by atoms with Gasteiger partial charge in [-0.2, -0.15) is 0 Å². The number of carbonyl (C=O) groups excluding carboxylic acids is 1. The van der Waals surface area contributed by atoms with E-state index < -0.39 is 16.2 Å². The predicted octanol–water partition coefficient (Wildman–Crippen LogP) is 0.184. The summed E-state index contributed by atoms with van der Waals surface area (Å²) in [6.07, 6.45) is 0. The van der Waals surface area contributed by atoms with E-state index >= 15 is 0 Å². The van der Waals surface area contributed by atoms with Gasteiger partial charge in [0.05, 0.1) is 10.4 Å². The Morgan fingerprint density at radius 1 is 1.53 bits per heavy atom. The van der Waals surface area contributed by atoms with Crippen LogP contribution in [0.4, 0.5) is 0 Å². The van der Waals surface area contributed by atoms with Crippen molar-refractivity contribution in [2.75, 3.05) is 18.1 Å². The van der Waals surface area contributed by atoms with Gasteiger partial charge in [0.25, 0.3) is 0 Å². The fourth-order valence-corrected chi connectivity index (χ4v) is 1.47. The Bertz CT molecular complexity index is 277. The highest BCUT2D eigenvalue weighted by Gasteiger charge is 2.30. The molecule has 0 aromatic carbocycles. The van der Waals surface area contributed by atoms with Gasteiger partial charge >= 0.3 is 0 Å². The second kappa shape index (κ2) is 6.17. The molecule has 3 N–H and O–H groups in total. The van der Waals surface area contributed by atoms with E-state index in [4.69, 9.17) is 18.0 Å². The Kier molecular flexibility index (Phi) is 5.97. The van der Waals surface area contributed by atoms with Crippen molar-refractivity contribution < 1.29 is 9.00 Å². The average Bonchev–Trinajstić information content (AvgIpc) is 2.16. The fourth-order valence-electron chi connectivity index (χ4n) is 0.756. The summed E-state index contributed by atoms with van der Waals surface area (Å²) in [6, 6.07) is 0. The molecule has 88 valence electrons. The zero-order valence-electron chi connectivity index (χ0n) is 9.33. The first-order chi connectivity index (χ1) is 6.82. The lowest BCUT2D eigenvalue weighted by Crippen LogP contribution is -2.45. The summed E-state index contributed by atoms with van der Waals surface area (Å²) >= 11 is 4.79. The van der Waals surface area contributed by atoms with E-state index in [2.05, 4.69) is 5.32 Å². The molecular weight excluding hydrogens is 232 g/mol. The maximum atomic E-state index is 11.6. The van der Waals surface area contributed by atoms with Gasteiger partial charge in [-0.3, -0.25) is 9.00 Å². The molecule has 15 heavy (non-hydrogen) atoms. The molecule has 1 amide bonds. The molecule has 0 radical (unpaired) electrons. The highest BCUT2D eigenvalue weighted by Crippen LogP contribution is 2.14. The van der Waals surface area contributed by atoms with Crippen molar-refractivity contribution in [3.63, 3.8) is 0 Å². The van der Waals surface area contributed by atoms with Crippen LogP contribution < -0.4 is 11.1 Å². The lowest BCUT2D eigenvalue weighted by atomic mass is 9.92. The quantitative estimate of drug-likeness (QED) is 0.660. The van der Waals surface area contributed by atoms with E-state index in [1.807, 2.05) is 6.92 Å². The van der Waals surface area contributed by atoms with Crippen LogP contribution in [0.15, 0.2) is 0 Å². The van der Waals surface area contributed by atoms with Crippen LogP contribution in [0, 0.1) is 5.41 Å². The molecular formula is C9H18N2O2S2. The molecule has 0 saturated carbocycles. The second-order valence-corrected chi connectivity index (χ2v) is 5.98. The van der Waals surface area contributed by atoms with E-state index in [1.165, 1.54) is 0 Å². The zero-order chi connectivity index (χ0) is 12.1. The summed E-state index contributed by atoms with van der Waals surface area (Å²) in [5.74, 6) is 0.854. The van der Waals surface area contributed by atoms with Crippen LogP contribution in [0.25, 0.3) is 0 Å². The summed E-state index contributed by atoms with van der Waals surface area (Å²) < 4.78 is 11.1. The third-order valence-corrected chi connectivity index (χ3v) is 3.93. The lowest BCUT2D eigenvalue weighted by molar-refractivity contribution is -0.126. The van der Waals surface area contributed by atoms with Gasteiger partial charge < -0.3 is 11.1 Å². The van der Waals surface area contributed by atoms with Crippen molar-refractivity contribution in [1.29, 1.82) is 0 Å². The van der Waals surface area contributed by atoms with Crippen LogP contribution in [0.1, 0.15) is 20.8 Å². The Balaban J connectivity index is 4.05. The van der Waals surface area contributed by atoms with Crippen LogP contribution in [-0.2, 0) is 15.6 Å². The first kappa shape index (κ1) is 14.5. The Labute approximate surface area is 98.4 Å². The molecule has 0 aromatic rings. The van der Waals surface area contributed by atoms with Gasteiger partial charge in [0.2, 0.25) is 5.91 Å². The highest BCUT2D eigenvalue weighted by molar-refractivity contribution is 7.84. The maximum absolute atomic E-state index is 11.6. The van der Waals surface area contributed by atoms with Crippen LogP contribution >= 0.6 is 12.2 Å². The molecule has 0 aromatic heterocycles. The SMILES string of the molecule is CCS(=O)CCNC(=O)C(C)(C)C(N)=S. The minimum Gasteiger partial charge on any atom is -0.392 e. The molecule has 0 aliphatic rings. The Hall–Kier alpha value is -0.490. The molecule has 1 unspecified atom stereocenters. The molecule has 1 atom stereocenters. The summed E-state index contributed by atoms with van der Waals surface area (Å²) in [6.45, 7) is 5.57. The third kappa shape index (κ3) is 4.70. The minimum absolute atomic E-state index is 0.164. The standard InChI is InChI=1S/C9H18N2O2S2/c1-4-15(13)6-5-11-8(12)9(2,3)7(10)14/h4-6H2,1-3H3,(H2,10,14)(H,11,12). The van der Waals surface area contributed by atoms with Crippen molar-refractivity contribution >= 4 is 33.9 Å². The molecule has 0 fully saturated rings. The number of hydrogen-bond donors (Lipinski definition) is 2. The summed E-state index contributed by atoms with van der Waals surface area (Å²) in [7, 11) is -0.860. The molecule has 0 saturated heterocycles. The number of nitrogens with two attached hydrogens (primary N) is 1. The van der Waals surface area contributed by atoms with Crippen molar-refractivity contribution in [3.05, 3.63) is 0 Å². The Morgan fingerprint density at radius 3 is 2.47 bits per heavy atom. The zero-order valence-corrected chi connectivity index (χ0v) is 11.0. The van der Waals surface area contributed by atoms with Gasteiger partial charge in [0.1, 0.15) is 0 Å². The van der Waals surface area contributed by atoms with Gasteiger partial charge in [-0.1, -0.05) is 19.1 Å². The molecule has 0 aliphatic carbocycles. The van der Waals surface area contributed by atoms with Crippen molar-refractivity contribution in [1.82, 2.24) is 5.32 Å². The van der Waals surface area contributed by atoms with E-state index in [-0.39, 0.29) is 10.9 Å². The third-order valence-electron chi connectivity index (χ3n) is 2.12. The lowest BCUT2D eigenvalue weighted by Gasteiger charge is -2.21. The normalized spacial score (nSPS) is 13.3. The average molecular weight is 250 g/mol. The van der Waals surface area contributed by atoms with Gasteiger partial charge in [0, 0.05) is 28.9 Å². The minimum atomic E-state index is -0.860. The largest absolute Gasteiger partial charge is 0.392 e. The molecule has 0 rings (SSSR count). The fraction of sp³-hybridized carbons (Fsp3) is 0.778. The van der Waals surface area contributed by atoms with E-state index in [9.17, 15) is 9.00 Å². The molecule has 0 heterocycles. The van der Waals surface area contributed by atoms with Crippen LogP contribution in [0.3, 0.4) is 0 Å². The Morgan fingerprint density at radius 2 is 2.07 bits per heavy atom. The van der Waals surface area contributed by atoms with Gasteiger partial charge in [-0.15, -0.1) is 0 Å². The number of amides is 1. The van der Waals surface area contributed by atoms with E-state index in [1.54, 1.807) is 13.8 Å².